The van der Waals surface area contributed by atoms with E-state index in [9.17, 15) is 8.78 Å². The van der Waals surface area contributed by atoms with Crippen LogP contribution in [0.2, 0.25) is 0 Å². The molecule has 3 aromatic rings. The van der Waals surface area contributed by atoms with Gasteiger partial charge in [0.1, 0.15) is 11.6 Å². The van der Waals surface area contributed by atoms with Gasteiger partial charge in [-0.2, -0.15) is 0 Å². The molecule has 0 fully saturated rings. The summed E-state index contributed by atoms with van der Waals surface area (Å²) in [5, 5.41) is 3.18. The lowest BCUT2D eigenvalue weighted by atomic mass is 10.1. The summed E-state index contributed by atoms with van der Waals surface area (Å²) in [7, 11) is 1.62. The van der Waals surface area contributed by atoms with Crippen LogP contribution in [0.15, 0.2) is 41.1 Å². The van der Waals surface area contributed by atoms with Gasteiger partial charge in [-0.1, -0.05) is 0 Å². The number of methoxy groups -OCH3 is 1. The Balaban J connectivity index is 1.87. The van der Waals surface area contributed by atoms with Gasteiger partial charge in [-0.3, -0.25) is 4.98 Å². The van der Waals surface area contributed by atoms with Crippen molar-refractivity contribution in [2.75, 3.05) is 19.0 Å². The Bertz CT molecular complexity index is 793. The Hall–Kier alpha value is -2.54. The lowest BCUT2D eigenvalue weighted by molar-refractivity contribution is 0.187. The van der Waals surface area contributed by atoms with Crippen LogP contribution in [0.25, 0.3) is 11.0 Å². The van der Waals surface area contributed by atoms with E-state index in [1.807, 2.05) is 6.07 Å². The number of furan rings is 1. The fourth-order valence-corrected chi connectivity index (χ4v) is 2.27. The van der Waals surface area contributed by atoms with Gasteiger partial charge in [0.05, 0.1) is 29.5 Å². The first kappa shape index (κ1) is 15.4. The summed E-state index contributed by atoms with van der Waals surface area (Å²) in [6.07, 6.45) is 3.71. The highest BCUT2D eigenvalue weighted by atomic mass is 19.2. The largest absolute Gasteiger partial charge is 0.467 e. The molecule has 0 bridgehead atoms. The Morgan fingerprint density at radius 3 is 2.74 bits per heavy atom. The maximum absolute atomic E-state index is 13.3. The van der Waals surface area contributed by atoms with E-state index in [2.05, 4.69) is 15.3 Å². The number of rotatable bonds is 6. The van der Waals surface area contributed by atoms with Crippen molar-refractivity contribution in [3.05, 3.63) is 54.1 Å². The van der Waals surface area contributed by atoms with Gasteiger partial charge in [0.15, 0.2) is 11.6 Å². The third kappa shape index (κ3) is 3.45. The highest BCUT2D eigenvalue weighted by Crippen LogP contribution is 2.23. The summed E-state index contributed by atoms with van der Waals surface area (Å²) >= 11 is 0. The van der Waals surface area contributed by atoms with E-state index < -0.39 is 11.6 Å². The molecule has 0 saturated heterocycles. The second kappa shape index (κ2) is 6.70. The lowest BCUT2D eigenvalue weighted by Crippen LogP contribution is -2.13. The standard InChI is InChI=1S/C16H15F2N3O2/c1-22-6-4-12(15-3-2-5-23-15)20-16-9-19-13-7-10(17)11(18)8-14(13)21-16/h2-3,5,7-9,12H,4,6H2,1H3,(H,20,21)/t12-/m1/s1. The maximum Gasteiger partial charge on any atom is 0.161 e. The number of nitrogens with one attached hydrogen (secondary N) is 1. The van der Waals surface area contributed by atoms with Crippen LogP contribution in [0, 0.1) is 11.6 Å². The molecule has 0 amide bonds. The van der Waals surface area contributed by atoms with Gasteiger partial charge in [0, 0.05) is 25.8 Å². The SMILES string of the molecule is COCC[C@@H](Nc1cnc2cc(F)c(F)cc2n1)c1ccco1. The third-order valence-electron chi connectivity index (χ3n) is 3.40. The Morgan fingerprint density at radius 1 is 1.26 bits per heavy atom. The van der Waals surface area contributed by atoms with Crippen molar-refractivity contribution in [1.29, 1.82) is 0 Å². The van der Waals surface area contributed by atoms with E-state index in [0.29, 0.717) is 24.4 Å². The average Bonchev–Trinajstić information content (AvgIpc) is 3.07. The first-order valence-electron chi connectivity index (χ1n) is 7.08. The molecule has 0 saturated carbocycles. The Morgan fingerprint density at radius 2 is 2.04 bits per heavy atom. The molecule has 0 aliphatic rings. The van der Waals surface area contributed by atoms with Gasteiger partial charge in [-0.05, 0) is 18.6 Å². The zero-order valence-electron chi connectivity index (χ0n) is 12.4. The fourth-order valence-electron chi connectivity index (χ4n) is 2.27. The molecule has 7 heteroatoms. The molecule has 0 unspecified atom stereocenters. The van der Waals surface area contributed by atoms with Gasteiger partial charge >= 0.3 is 0 Å². The van der Waals surface area contributed by atoms with Crippen LogP contribution in [0.5, 0.6) is 0 Å². The average molecular weight is 319 g/mol. The van der Waals surface area contributed by atoms with Crippen molar-refractivity contribution in [2.45, 2.75) is 12.5 Å². The van der Waals surface area contributed by atoms with Crippen LogP contribution in [0.1, 0.15) is 18.2 Å². The number of hydrogen-bond donors (Lipinski definition) is 1. The lowest BCUT2D eigenvalue weighted by Gasteiger charge is -2.17. The molecule has 23 heavy (non-hydrogen) atoms. The number of aromatic nitrogens is 2. The van der Waals surface area contributed by atoms with Crippen LogP contribution < -0.4 is 5.32 Å². The second-order valence-electron chi connectivity index (χ2n) is 5.00. The summed E-state index contributed by atoms with van der Waals surface area (Å²) in [6.45, 7) is 0.527. The van der Waals surface area contributed by atoms with Crippen molar-refractivity contribution in [3.63, 3.8) is 0 Å². The molecule has 0 radical (unpaired) electrons. The minimum atomic E-state index is -0.953. The van der Waals surface area contributed by atoms with Crippen molar-refractivity contribution < 1.29 is 17.9 Å². The normalized spacial score (nSPS) is 12.5. The van der Waals surface area contributed by atoms with Crippen molar-refractivity contribution in [2.24, 2.45) is 0 Å². The molecule has 1 N–H and O–H groups in total. The predicted molar refractivity (Wildman–Crippen MR) is 81.0 cm³/mol. The fraction of sp³-hybridized carbons (Fsp3) is 0.250. The van der Waals surface area contributed by atoms with Gasteiger partial charge in [-0.15, -0.1) is 0 Å². The first-order chi connectivity index (χ1) is 11.2. The van der Waals surface area contributed by atoms with Crippen molar-refractivity contribution in [3.8, 4) is 0 Å². The first-order valence-corrected chi connectivity index (χ1v) is 7.08. The molecule has 2 heterocycles. The predicted octanol–water partition coefficient (Wildman–Crippen LogP) is 3.69. The molecule has 5 nitrogen and oxygen atoms in total. The molecule has 0 aliphatic heterocycles. The summed E-state index contributed by atoms with van der Waals surface area (Å²) in [6, 6.07) is 5.52. The third-order valence-corrected chi connectivity index (χ3v) is 3.40. The number of benzene rings is 1. The molecule has 0 spiro atoms. The van der Waals surface area contributed by atoms with Crippen LogP contribution in [-0.2, 0) is 4.74 Å². The van der Waals surface area contributed by atoms with Crippen LogP contribution in [0.3, 0.4) is 0 Å². The zero-order chi connectivity index (χ0) is 16.2. The van der Waals surface area contributed by atoms with E-state index in [-0.39, 0.29) is 11.6 Å². The zero-order valence-corrected chi connectivity index (χ0v) is 12.4. The number of ether oxygens (including phenoxy) is 1. The van der Waals surface area contributed by atoms with Gasteiger partial charge < -0.3 is 14.5 Å². The molecule has 3 rings (SSSR count). The van der Waals surface area contributed by atoms with Gasteiger partial charge in [0.25, 0.3) is 0 Å². The van der Waals surface area contributed by atoms with E-state index in [0.717, 1.165) is 17.9 Å². The molecule has 0 aliphatic carbocycles. The molecule has 120 valence electrons. The summed E-state index contributed by atoms with van der Waals surface area (Å²) in [5.74, 6) is -0.720. The van der Waals surface area contributed by atoms with Crippen LogP contribution in [0.4, 0.5) is 14.6 Å². The Labute approximate surface area is 131 Å². The molecular weight excluding hydrogens is 304 g/mol. The number of anilines is 1. The summed E-state index contributed by atoms with van der Waals surface area (Å²) < 4.78 is 37.0. The quantitative estimate of drug-likeness (QED) is 0.751. The van der Waals surface area contributed by atoms with Crippen LogP contribution >= 0.6 is 0 Å². The number of hydrogen-bond acceptors (Lipinski definition) is 5. The number of nitrogens with zero attached hydrogens (tertiary/aromatic N) is 2. The second-order valence-corrected chi connectivity index (χ2v) is 5.00. The van der Waals surface area contributed by atoms with Crippen molar-refractivity contribution in [1.82, 2.24) is 9.97 Å². The highest BCUT2D eigenvalue weighted by molar-refractivity contribution is 5.75. The van der Waals surface area contributed by atoms with E-state index in [1.54, 1.807) is 19.4 Å². The smallest absolute Gasteiger partial charge is 0.161 e. The summed E-state index contributed by atoms with van der Waals surface area (Å²) in [4.78, 5) is 8.38. The molecular formula is C16H15F2N3O2. The number of halogens is 2. The topological polar surface area (TPSA) is 60.2 Å². The van der Waals surface area contributed by atoms with Crippen LogP contribution in [-0.4, -0.2) is 23.7 Å². The van der Waals surface area contributed by atoms with Gasteiger partial charge in [-0.25, -0.2) is 13.8 Å². The molecule has 2 aromatic heterocycles. The van der Waals surface area contributed by atoms with Gasteiger partial charge in [0.2, 0.25) is 0 Å². The van der Waals surface area contributed by atoms with E-state index in [1.165, 1.54) is 6.20 Å². The number of fused-ring (bicyclic) bond motifs is 1. The van der Waals surface area contributed by atoms with E-state index in [4.69, 9.17) is 9.15 Å². The summed E-state index contributed by atoms with van der Waals surface area (Å²) in [5.41, 5.74) is 0.569. The minimum absolute atomic E-state index is 0.165. The van der Waals surface area contributed by atoms with Crippen molar-refractivity contribution >= 4 is 16.9 Å². The monoisotopic (exact) mass is 319 g/mol. The molecule has 1 aromatic carbocycles. The maximum atomic E-state index is 13.3. The highest BCUT2D eigenvalue weighted by Gasteiger charge is 2.15. The molecule has 1 atom stereocenters. The van der Waals surface area contributed by atoms with E-state index >= 15 is 0 Å². The Kier molecular flexibility index (Phi) is 4.47. The minimum Gasteiger partial charge on any atom is -0.467 e.